The van der Waals surface area contributed by atoms with Crippen LogP contribution >= 0.6 is 0 Å². The third kappa shape index (κ3) is 1.06. The van der Waals surface area contributed by atoms with E-state index < -0.39 is 0 Å². The van der Waals surface area contributed by atoms with Gasteiger partial charge in [0.15, 0.2) is 0 Å². The highest BCUT2D eigenvalue weighted by Gasteiger charge is 2.24. The van der Waals surface area contributed by atoms with Crippen molar-refractivity contribution in [3.8, 4) is 0 Å². The minimum atomic E-state index is 0.764. The molecule has 0 amide bonds. The zero-order valence-electron chi connectivity index (χ0n) is 8.09. The third-order valence-electron chi connectivity index (χ3n) is 3.19. The van der Waals surface area contributed by atoms with Crippen LogP contribution < -0.4 is 0 Å². The quantitative estimate of drug-likeness (QED) is 0.546. The first-order valence-corrected chi connectivity index (χ1v) is 4.78. The highest BCUT2D eigenvalue weighted by Crippen LogP contribution is 2.37. The Morgan fingerprint density at radius 1 is 1.25 bits per heavy atom. The number of hydrogen-bond acceptors (Lipinski definition) is 0. The summed E-state index contributed by atoms with van der Waals surface area (Å²) >= 11 is 0. The molecule has 1 aromatic rings. The van der Waals surface area contributed by atoms with Gasteiger partial charge in [-0.25, -0.2) is 0 Å². The molecule has 0 saturated carbocycles. The van der Waals surface area contributed by atoms with Crippen LogP contribution in [0, 0.1) is 12.8 Å². The van der Waals surface area contributed by atoms with Crippen LogP contribution in [0.15, 0.2) is 18.2 Å². The molecule has 0 N–H and O–H groups in total. The summed E-state index contributed by atoms with van der Waals surface area (Å²) in [7, 11) is 0. The SMILES string of the molecule is Cc1ccc2c(c1)[C@@H](C)[C@H](C)C2. The maximum atomic E-state index is 2.35. The minimum Gasteiger partial charge on any atom is -0.0616 e. The molecule has 0 fully saturated rings. The Kier molecular flexibility index (Phi) is 1.71. The maximum absolute atomic E-state index is 2.35. The first kappa shape index (κ1) is 7.85. The van der Waals surface area contributed by atoms with Crippen LogP contribution in [0.5, 0.6) is 0 Å². The lowest BCUT2D eigenvalue weighted by atomic mass is 9.96. The van der Waals surface area contributed by atoms with E-state index in [1.54, 1.807) is 11.1 Å². The van der Waals surface area contributed by atoms with Crippen LogP contribution in [0.1, 0.15) is 36.5 Å². The van der Waals surface area contributed by atoms with Crippen LogP contribution in [0.2, 0.25) is 0 Å². The van der Waals surface area contributed by atoms with Gasteiger partial charge in [-0.1, -0.05) is 37.6 Å². The van der Waals surface area contributed by atoms with Crippen molar-refractivity contribution in [3.05, 3.63) is 34.9 Å². The Hall–Kier alpha value is -0.780. The van der Waals surface area contributed by atoms with E-state index in [1.807, 2.05) is 0 Å². The number of rotatable bonds is 0. The first-order chi connectivity index (χ1) is 5.68. The van der Waals surface area contributed by atoms with Gasteiger partial charge in [0.2, 0.25) is 0 Å². The van der Waals surface area contributed by atoms with Gasteiger partial charge >= 0.3 is 0 Å². The maximum Gasteiger partial charge on any atom is -0.0159 e. The molecule has 0 spiro atoms. The first-order valence-electron chi connectivity index (χ1n) is 4.78. The molecule has 0 nitrogen and oxygen atoms in total. The van der Waals surface area contributed by atoms with Gasteiger partial charge in [-0.2, -0.15) is 0 Å². The van der Waals surface area contributed by atoms with Gasteiger partial charge in [0.05, 0.1) is 0 Å². The molecule has 0 unspecified atom stereocenters. The van der Waals surface area contributed by atoms with Gasteiger partial charge in [-0.15, -0.1) is 0 Å². The predicted molar refractivity (Wildman–Crippen MR) is 52.5 cm³/mol. The Bertz CT molecular complexity index is 299. The van der Waals surface area contributed by atoms with Crippen molar-refractivity contribution in [2.24, 2.45) is 5.92 Å². The molecule has 0 saturated heterocycles. The molecule has 12 heavy (non-hydrogen) atoms. The molecule has 0 bridgehead atoms. The van der Waals surface area contributed by atoms with Crippen molar-refractivity contribution < 1.29 is 0 Å². The lowest BCUT2D eigenvalue weighted by Gasteiger charge is -2.09. The summed E-state index contributed by atoms with van der Waals surface area (Å²) in [5, 5.41) is 0. The number of fused-ring (bicyclic) bond motifs is 1. The van der Waals surface area contributed by atoms with Crippen LogP contribution in [0.4, 0.5) is 0 Å². The molecule has 0 aromatic heterocycles. The summed E-state index contributed by atoms with van der Waals surface area (Å²) in [6, 6.07) is 6.87. The zero-order valence-corrected chi connectivity index (χ0v) is 8.09. The lowest BCUT2D eigenvalue weighted by Crippen LogP contribution is -1.97. The van der Waals surface area contributed by atoms with Crippen molar-refractivity contribution in [2.75, 3.05) is 0 Å². The van der Waals surface area contributed by atoms with E-state index in [4.69, 9.17) is 0 Å². The summed E-state index contributed by atoms with van der Waals surface area (Å²) in [5.74, 6) is 1.60. The summed E-state index contributed by atoms with van der Waals surface area (Å²) in [4.78, 5) is 0. The van der Waals surface area contributed by atoms with Crippen LogP contribution in [0.3, 0.4) is 0 Å². The van der Waals surface area contributed by atoms with E-state index in [2.05, 4.69) is 39.0 Å². The van der Waals surface area contributed by atoms with Crippen LogP contribution in [-0.2, 0) is 6.42 Å². The van der Waals surface area contributed by atoms with Gasteiger partial charge in [0.1, 0.15) is 0 Å². The van der Waals surface area contributed by atoms with Crippen LogP contribution in [0.25, 0.3) is 0 Å². The molecule has 0 radical (unpaired) electrons. The highest BCUT2D eigenvalue weighted by molar-refractivity contribution is 5.38. The fourth-order valence-corrected chi connectivity index (χ4v) is 2.15. The second kappa shape index (κ2) is 2.62. The average molecular weight is 160 g/mol. The summed E-state index contributed by atoms with van der Waals surface area (Å²) in [5.41, 5.74) is 4.55. The van der Waals surface area contributed by atoms with Gasteiger partial charge < -0.3 is 0 Å². The smallest absolute Gasteiger partial charge is 0.0159 e. The molecule has 0 heteroatoms. The van der Waals surface area contributed by atoms with E-state index in [0.29, 0.717) is 0 Å². The fourth-order valence-electron chi connectivity index (χ4n) is 2.15. The van der Waals surface area contributed by atoms with Gasteiger partial charge in [-0.3, -0.25) is 0 Å². The van der Waals surface area contributed by atoms with Gasteiger partial charge in [0, 0.05) is 0 Å². The average Bonchev–Trinajstić information content (AvgIpc) is 2.31. The Labute approximate surface area is 74.6 Å². The van der Waals surface area contributed by atoms with E-state index in [0.717, 1.165) is 11.8 Å². The second-order valence-corrected chi connectivity index (χ2v) is 4.17. The minimum absolute atomic E-state index is 0.764. The third-order valence-corrected chi connectivity index (χ3v) is 3.19. The topological polar surface area (TPSA) is 0 Å². The molecule has 0 aliphatic heterocycles. The predicted octanol–water partition coefficient (Wildman–Crippen LogP) is 3.29. The van der Waals surface area contributed by atoms with E-state index in [-0.39, 0.29) is 0 Å². The number of hydrogen-bond donors (Lipinski definition) is 0. The zero-order chi connectivity index (χ0) is 8.72. The summed E-state index contributed by atoms with van der Waals surface area (Å²) < 4.78 is 0. The molecule has 1 aromatic carbocycles. The molecule has 1 aliphatic rings. The van der Waals surface area contributed by atoms with E-state index in [9.17, 15) is 0 Å². The second-order valence-electron chi connectivity index (χ2n) is 4.17. The number of aryl methyl sites for hydroxylation is 1. The van der Waals surface area contributed by atoms with Gasteiger partial charge in [-0.05, 0) is 36.3 Å². The normalized spacial score (nSPS) is 27.2. The van der Waals surface area contributed by atoms with Crippen molar-refractivity contribution in [1.29, 1.82) is 0 Å². The van der Waals surface area contributed by atoms with Crippen molar-refractivity contribution in [1.82, 2.24) is 0 Å². The van der Waals surface area contributed by atoms with Crippen LogP contribution in [-0.4, -0.2) is 0 Å². The summed E-state index contributed by atoms with van der Waals surface area (Å²) in [6.45, 7) is 6.87. The molecule has 1 aliphatic carbocycles. The van der Waals surface area contributed by atoms with Gasteiger partial charge in [0.25, 0.3) is 0 Å². The fraction of sp³-hybridized carbons (Fsp3) is 0.500. The standard InChI is InChI=1S/C12H16/c1-8-4-5-11-7-9(2)10(3)12(11)6-8/h4-6,9-10H,7H2,1-3H3/t9-,10+/m1/s1. The molecule has 2 rings (SSSR count). The Balaban J connectivity index is 2.48. The van der Waals surface area contributed by atoms with Crippen molar-refractivity contribution in [2.45, 2.75) is 33.1 Å². The largest absolute Gasteiger partial charge is 0.0616 e. The lowest BCUT2D eigenvalue weighted by molar-refractivity contribution is 0.532. The molecule has 0 heterocycles. The van der Waals surface area contributed by atoms with E-state index >= 15 is 0 Å². The number of benzene rings is 1. The highest BCUT2D eigenvalue weighted by atomic mass is 14.3. The Morgan fingerprint density at radius 3 is 2.75 bits per heavy atom. The summed E-state index contributed by atoms with van der Waals surface area (Å²) in [6.07, 6.45) is 1.27. The van der Waals surface area contributed by atoms with E-state index in [1.165, 1.54) is 12.0 Å². The molecular weight excluding hydrogens is 144 g/mol. The molecular formula is C12H16. The molecule has 2 atom stereocenters. The van der Waals surface area contributed by atoms with Crippen molar-refractivity contribution >= 4 is 0 Å². The molecule has 64 valence electrons. The van der Waals surface area contributed by atoms with Crippen molar-refractivity contribution in [3.63, 3.8) is 0 Å². The Morgan fingerprint density at radius 2 is 2.00 bits per heavy atom. The monoisotopic (exact) mass is 160 g/mol.